The van der Waals surface area contributed by atoms with Gasteiger partial charge in [-0.2, -0.15) is 0 Å². The third-order valence-corrected chi connectivity index (χ3v) is 4.39. The maximum atomic E-state index is 11.7. The first kappa shape index (κ1) is 16.3. The predicted molar refractivity (Wildman–Crippen MR) is 85.2 cm³/mol. The maximum Gasteiger partial charge on any atom is 0.308 e. The van der Waals surface area contributed by atoms with Crippen molar-refractivity contribution >= 4 is 17.6 Å². The van der Waals surface area contributed by atoms with Crippen LogP contribution in [0, 0.1) is 11.8 Å². The zero-order chi connectivity index (χ0) is 15.1. The lowest BCUT2D eigenvalue weighted by atomic mass is 9.82. The Morgan fingerprint density at radius 2 is 1.90 bits per heavy atom. The van der Waals surface area contributed by atoms with E-state index in [4.69, 9.17) is 16.3 Å². The van der Waals surface area contributed by atoms with Crippen molar-refractivity contribution in [2.75, 3.05) is 13.2 Å². The van der Waals surface area contributed by atoms with Crippen molar-refractivity contribution in [2.24, 2.45) is 11.8 Å². The van der Waals surface area contributed by atoms with Gasteiger partial charge in [0.15, 0.2) is 0 Å². The van der Waals surface area contributed by atoms with Crippen LogP contribution in [-0.4, -0.2) is 19.1 Å². The fraction of sp³-hybridized carbons (Fsp3) is 0.588. The summed E-state index contributed by atoms with van der Waals surface area (Å²) < 4.78 is 5.10. The summed E-state index contributed by atoms with van der Waals surface area (Å²) in [5.41, 5.74) is 1.25. The van der Waals surface area contributed by atoms with Crippen molar-refractivity contribution in [3.05, 3.63) is 34.9 Å². The molecule has 116 valence electrons. The molecule has 0 aromatic heterocycles. The minimum atomic E-state index is -0.00919. The number of hydrogen-bond donors (Lipinski definition) is 1. The summed E-state index contributed by atoms with van der Waals surface area (Å²) >= 11 is 5.87. The molecule has 1 aliphatic rings. The van der Waals surface area contributed by atoms with E-state index in [9.17, 15) is 4.79 Å². The molecule has 1 fully saturated rings. The van der Waals surface area contributed by atoms with E-state index in [1.807, 2.05) is 31.2 Å². The molecule has 1 aliphatic carbocycles. The van der Waals surface area contributed by atoms with E-state index >= 15 is 0 Å². The highest BCUT2D eigenvalue weighted by Gasteiger charge is 2.26. The van der Waals surface area contributed by atoms with E-state index in [0.717, 1.165) is 43.8 Å². The second-order valence-corrected chi connectivity index (χ2v) is 6.16. The number of nitrogens with one attached hydrogen (secondary N) is 1. The van der Waals surface area contributed by atoms with Crippen LogP contribution in [0.5, 0.6) is 0 Å². The Morgan fingerprint density at radius 1 is 1.24 bits per heavy atom. The normalized spacial score (nSPS) is 22.0. The van der Waals surface area contributed by atoms with Gasteiger partial charge in [0.2, 0.25) is 0 Å². The molecule has 1 aromatic carbocycles. The molecule has 0 radical (unpaired) electrons. The fourth-order valence-corrected chi connectivity index (χ4v) is 3.01. The van der Waals surface area contributed by atoms with Crippen LogP contribution >= 0.6 is 11.6 Å². The molecule has 3 nitrogen and oxygen atoms in total. The Kier molecular flexibility index (Phi) is 6.52. The van der Waals surface area contributed by atoms with Gasteiger partial charge in [-0.05, 0) is 62.8 Å². The summed E-state index contributed by atoms with van der Waals surface area (Å²) in [6, 6.07) is 7.94. The van der Waals surface area contributed by atoms with Gasteiger partial charge in [0, 0.05) is 11.6 Å². The van der Waals surface area contributed by atoms with Crippen molar-refractivity contribution in [3.8, 4) is 0 Å². The molecular formula is C17H24ClNO2. The van der Waals surface area contributed by atoms with Crippen molar-refractivity contribution in [1.82, 2.24) is 5.32 Å². The Bertz CT molecular complexity index is 439. The number of carbonyl (C=O) groups is 1. The highest BCUT2D eigenvalue weighted by Crippen LogP contribution is 2.29. The average Bonchev–Trinajstić information content (AvgIpc) is 2.50. The minimum Gasteiger partial charge on any atom is -0.466 e. The van der Waals surface area contributed by atoms with E-state index in [1.165, 1.54) is 5.56 Å². The Hall–Kier alpha value is -1.06. The predicted octanol–water partition coefficient (Wildman–Crippen LogP) is 3.80. The Morgan fingerprint density at radius 3 is 2.52 bits per heavy atom. The van der Waals surface area contributed by atoms with Crippen LogP contribution < -0.4 is 5.32 Å². The highest BCUT2D eigenvalue weighted by atomic mass is 35.5. The average molecular weight is 310 g/mol. The number of ether oxygens (including phenoxy) is 1. The molecule has 1 aromatic rings. The Balaban J connectivity index is 1.65. The number of benzene rings is 1. The molecule has 1 saturated carbocycles. The SMILES string of the molecule is CCOC(=O)C1CCC(CNCc2ccc(Cl)cc2)CC1. The molecule has 0 unspecified atom stereocenters. The summed E-state index contributed by atoms with van der Waals surface area (Å²) in [6.07, 6.45) is 4.15. The van der Waals surface area contributed by atoms with E-state index in [-0.39, 0.29) is 11.9 Å². The second kappa shape index (κ2) is 8.40. The molecule has 0 heterocycles. The van der Waals surface area contributed by atoms with Crippen LogP contribution in [0.4, 0.5) is 0 Å². The highest BCUT2D eigenvalue weighted by molar-refractivity contribution is 6.30. The molecule has 21 heavy (non-hydrogen) atoms. The lowest BCUT2D eigenvalue weighted by molar-refractivity contribution is -0.149. The van der Waals surface area contributed by atoms with Gasteiger partial charge in [-0.25, -0.2) is 0 Å². The van der Waals surface area contributed by atoms with Crippen molar-refractivity contribution in [1.29, 1.82) is 0 Å². The number of carbonyl (C=O) groups excluding carboxylic acids is 1. The largest absolute Gasteiger partial charge is 0.466 e. The van der Waals surface area contributed by atoms with Crippen LogP contribution in [0.3, 0.4) is 0 Å². The minimum absolute atomic E-state index is 0.00919. The van der Waals surface area contributed by atoms with Gasteiger partial charge in [0.25, 0.3) is 0 Å². The fourth-order valence-electron chi connectivity index (χ4n) is 2.89. The molecule has 1 N–H and O–H groups in total. The molecule has 0 spiro atoms. The zero-order valence-corrected chi connectivity index (χ0v) is 13.4. The summed E-state index contributed by atoms with van der Waals surface area (Å²) in [7, 11) is 0. The summed E-state index contributed by atoms with van der Waals surface area (Å²) in [5, 5.41) is 4.27. The molecule has 0 atom stereocenters. The smallest absolute Gasteiger partial charge is 0.308 e. The first-order chi connectivity index (χ1) is 10.2. The summed E-state index contributed by atoms with van der Waals surface area (Å²) in [4.78, 5) is 11.7. The van der Waals surface area contributed by atoms with Gasteiger partial charge in [0.1, 0.15) is 0 Å². The number of halogens is 1. The lowest BCUT2D eigenvalue weighted by Gasteiger charge is -2.27. The lowest BCUT2D eigenvalue weighted by Crippen LogP contribution is -2.29. The van der Waals surface area contributed by atoms with Crippen LogP contribution in [0.2, 0.25) is 5.02 Å². The van der Waals surface area contributed by atoms with Gasteiger partial charge in [0.05, 0.1) is 12.5 Å². The third kappa shape index (κ3) is 5.33. The number of hydrogen-bond acceptors (Lipinski definition) is 3. The van der Waals surface area contributed by atoms with Gasteiger partial charge < -0.3 is 10.1 Å². The number of esters is 1. The number of rotatable bonds is 6. The van der Waals surface area contributed by atoms with E-state index in [1.54, 1.807) is 0 Å². The van der Waals surface area contributed by atoms with Crippen LogP contribution in [0.1, 0.15) is 38.2 Å². The third-order valence-electron chi connectivity index (χ3n) is 4.14. The van der Waals surface area contributed by atoms with Crippen LogP contribution in [0.15, 0.2) is 24.3 Å². The molecule has 4 heteroatoms. The zero-order valence-electron chi connectivity index (χ0n) is 12.6. The van der Waals surface area contributed by atoms with Gasteiger partial charge >= 0.3 is 5.97 Å². The van der Waals surface area contributed by atoms with Gasteiger partial charge in [-0.15, -0.1) is 0 Å². The van der Waals surface area contributed by atoms with Gasteiger partial charge in [-0.1, -0.05) is 23.7 Å². The first-order valence-electron chi connectivity index (χ1n) is 7.80. The molecule has 2 rings (SSSR count). The maximum absolute atomic E-state index is 11.7. The van der Waals surface area contributed by atoms with Crippen LogP contribution in [-0.2, 0) is 16.1 Å². The quantitative estimate of drug-likeness (QED) is 0.812. The van der Waals surface area contributed by atoms with Crippen molar-refractivity contribution < 1.29 is 9.53 Å². The topological polar surface area (TPSA) is 38.3 Å². The van der Waals surface area contributed by atoms with Crippen molar-refractivity contribution in [2.45, 2.75) is 39.2 Å². The molecule has 0 saturated heterocycles. The van der Waals surface area contributed by atoms with Crippen LogP contribution in [0.25, 0.3) is 0 Å². The Labute approximate surface area is 132 Å². The molecular weight excluding hydrogens is 286 g/mol. The molecule has 0 amide bonds. The van der Waals surface area contributed by atoms with Crippen molar-refractivity contribution in [3.63, 3.8) is 0 Å². The van der Waals surface area contributed by atoms with E-state index in [2.05, 4.69) is 5.32 Å². The molecule has 0 bridgehead atoms. The van der Waals surface area contributed by atoms with E-state index in [0.29, 0.717) is 12.5 Å². The standard InChI is InChI=1S/C17H24ClNO2/c1-2-21-17(20)15-7-3-13(4-8-15)11-19-12-14-5-9-16(18)10-6-14/h5-6,9-10,13,15,19H,2-4,7-8,11-12H2,1H3. The molecule has 0 aliphatic heterocycles. The van der Waals surface area contributed by atoms with E-state index < -0.39 is 0 Å². The second-order valence-electron chi connectivity index (χ2n) is 5.73. The monoisotopic (exact) mass is 309 g/mol. The van der Waals surface area contributed by atoms with Gasteiger partial charge in [-0.3, -0.25) is 4.79 Å². The summed E-state index contributed by atoms with van der Waals surface area (Å²) in [5.74, 6) is 0.783. The first-order valence-corrected chi connectivity index (χ1v) is 8.18. The summed E-state index contributed by atoms with van der Waals surface area (Å²) in [6.45, 7) is 4.23.